The number of hydrogen-bond acceptors (Lipinski definition) is 3. The molecule has 6 nitrogen and oxygen atoms in total. The molecule has 4 rings (SSSR count). The van der Waals surface area contributed by atoms with Crippen molar-refractivity contribution in [1.82, 2.24) is 10.2 Å². The Morgan fingerprint density at radius 3 is 2.38 bits per heavy atom. The molecule has 2 N–H and O–H groups in total. The zero-order valence-electron chi connectivity index (χ0n) is 20.1. The zero-order valence-corrected chi connectivity index (χ0v) is 20.1. The number of carbonyl (C=O) groups is 3. The highest BCUT2D eigenvalue weighted by molar-refractivity contribution is 6.11. The van der Waals surface area contributed by atoms with Gasteiger partial charge in [-0.25, -0.2) is 0 Å². The van der Waals surface area contributed by atoms with Gasteiger partial charge in [0, 0.05) is 12.5 Å². The minimum absolute atomic E-state index is 0.131. The van der Waals surface area contributed by atoms with Crippen LogP contribution < -0.4 is 10.6 Å². The summed E-state index contributed by atoms with van der Waals surface area (Å²) in [7, 11) is 0. The van der Waals surface area contributed by atoms with Gasteiger partial charge in [-0.15, -0.1) is 0 Å². The molecular weight excluding hydrogens is 426 g/mol. The molecule has 1 fully saturated rings. The molecule has 6 heteroatoms. The van der Waals surface area contributed by atoms with Crippen molar-refractivity contribution in [3.05, 3.63) is 65.7 Å². The van der Waals surface area contributed by atoms with E-state index < -0.39 is 12.1 Å². The molecule has 2 aliphatic rings. The van der Waals surface area contributed by atoms with Crippen molar-refractivity contribution in [2.45, 2.75) is 76.9 Å². The molecule has 0 radical (unpaired) electrons. The van der Waals surface area contributed by atoms with Crippen LogP contribution in [0.3, 0.4) is 0 Å². The van der Waals surface area contributed by atoms with Gasteiger partial charge in [-0.1, -0.05) is 75.6 Å². The maximum absolute atomic E-state index is 14.0. The number of amides is 3. The molecule has 0 bridgehead atoms. The van der Waals surface area contributed by atoms with Crippen molar-refractivity contribution < 1.29 is 14.4 Å². The van der Waals surface area contributed by atoms with Crippen molar-refractivity contribution >= 4 is 23.4 Å². The molecule has 1 aliphatic heterocycles. The second kappa shape index (κ2) is 10.9. The SMILES string of the molecule is CC(C)CC(C(=O)NC1CCCCC1)N1C(=O)c2ccccc2NC(=O)C1Cc1ccccc1. The summed E-state index contributed by atoms with van der Waals surface area (Å²) in [5, 5.41) is 6.17. The van der Waals surface area contributed by atoms with Crippen molar-refractivity contribution in [2.75, 3.05) is 5.32 Å². The second-order valence-corrected chi connectivity index (χ2v) is 9.94. The largest absolute Gasteiger partial charge is 0.352 e. The Morgan fingerprint density at radius 1 is 1.00 bits per heavy atom. The second-order valence-electron chi connectivity index (χ2n) is 9.94. The number of rotatable bonds is 7. The van der Waals surface area contributed by atoms with Gasteiger partial charge in [-0.2, -0.15) is 0 Å². The molecule has 1 saturated carbocycles. The number of nitrogens with zero attached hydrogens (tertiary/aromatic N) is 1. The first-order chi connectivity index (χ1) is 16.4. The van der Waals surface area contributed by atoms with Crippen LogP contribution in [0.1, 0.15) is 68.3 Å². The number of carbonyl (C=O) groups excluding carboxylic acids is 3. The van der Waals surface area contributed by atoms with E-state index in [0.29, 0.717) is 24.1 Å². The number of benzene rings is 2. The lowest BCUT2D eigenvalue weighted by Gasteiger charge is -2.37. The quantitative estimate of drug-likeness (QED) is 0.635. The molecule has 180 valence electrons. The summed E-state index contributed by atoms with van der Waals surface area (Å²) in [4.78, 5) is 42.7. The molecule has 34 heavy (non-hydrogen) atoms. The monoisotopic (exact) mass is 461 g/mol. The summed E-state index contributed by atoms with van der Waals surface area (Å²) in [6.07, 6.45) is 6.17. The molecule has 1 heterocycles. The highest BCUT2D eigenvalue weighted by Gasteiger charge is 2.42. The van der Waals surface area contributed by atoms with Gasteiger partial charge < -0.3 is 15.5 Å². The van der Waals surface area contributed by atoms with Crippen molar-refractivity contribution in [3.63, 3.8) is 0 Å². The lowest BCUT2D eigenvalue weighted by Crippen LogP contribution is -2.58. The normalized spacial score (nSPS) is 19.9. The van der Waals surface area contributed by atoms with E-state index in [1.165, 1.54) is 6.42 Å². The van der Waals surface area contributed by atoms with Crippen molar-refractivity contribution in [2.24, 2.45) is 5.92 Å². The van der Waals surface area contributed by atoms with Crippen LogP contribution in [0.2, 0.25) is 0 Å². The first-order valence-electron chi connectivity index (χ1n) is 12.5. The lowest BCUT2D eigenvalue weighted by atomic mass is 9.93. The Morgan fingerprint density at radius 2 is 1.68 bits per heavy atom. The minimum atomic E-state index is -0.789. The highest BCUT2D eigenvalue weighted by atomic mass is 16.2. The fraction of sp³-hybridized carbons (Fsp3) is 0.464. The van der Waals surface area contributed by atoms with E-state index in [4.69, 9.17) is 0 Å². The van der Waals surface area contributed by atoms with Crippen LogP contribution in [-0.2, 0) is 16.0 Å². The van der Waals surface area contributed by atoms with Gasteiger partial charge in [-0.05, 0) is 42.9 Å². The van der Waals surface area contributed by atoms with Gasteiger partial charge >= 0.3 is 0 Å². The third kappa shape index (κ3) is 5.49. The van der Waals surface area contributed by atoms with Gasteiger partial charge in [0.05, 0.1) is 11.3 Å². The van der Waals surface area contributed by atoms with E-state index in [-0.39, 0.29) is 29.7 Å². The number of hydrogen-bond donors (Lipinski definition) is 2. The number of para-hydroxylation sites is 1. The van der Waals surface area contributed by atoms with Crippen molar-refractivity contribution in [3.8, 4) is 0 Å². The molecule has 0 aromatic heterocycles. The molecule has 2 unspecified atom stereocenters. The van der Waals surface area contributed by atoms with E-state index in [1.807, 2.05) is 44.2 Å². The Balaban J connectivity index is 1.73. The Bertz CT molecular complexity index is 1010. The van der Waals surface area contributed by atoms with Crippen LogP contribution in [0, 0.1) is 5.92 Å². The van der Waals surface area contributed by atoms with Gasteiger partial charge in [0.1, 0.15) is 12.1 Å². The topological polar surface area (TPSA) is 78.5 Å². The average Bonchev–Trinajstić information content (AvgIpc) is 2.93. The smallest absolute Gasteiger partial charge is 0.257 e. The molecule has 2 atom stereocenters. The van der Waals surface area contributed by atoms with Crippen LogP contribution >= 0.6 is 0 Å². The molecule has 0 saturated heterocycles. The minimum Gasteiger partial charge on any atom is -0.352 e. The van der Waals surface area contributed by atoms with E-state index in [9.17, 15) is 14.4 Å². The molecule has 0 spiro atoms. The molecule has 1 aliphatic carbocycles. The number of nitrogens with one attached hydrogen (secondary N) is 2. The molecule has 2 aromatic rings. The zero-order chi connectivity index (χ0) is 24.1. The number of anilines is 1. The summed E-state index contributed by atoms with van der Waals surface area (Å²) >= 11 is 0. The Kier molecular flexibility index (Phi) is 7.66. The predicted molar refractivity (Wildman–Crippen MR) is 133 cm³/mol. The summed E-state index contributed by atoms with van der Waals surface area (Å²) in [5.41, 5.74) is 1.86. The van der Waals surface area contributed by atoms with Crippen LogP contribution in [0.25, 0.3) is 0 Å². The van der Waals surface area contributed by atoms with Crippen LogP contribution in [0.5, 0.6) is 0 Å². The van der Waals surface area contributed by atoms with Crippen molar-refractivity contribution in [1.29, 1.82) is 0 Å². The first-order valence-corrected chi connectivity index (χ1v) is 12.5. The summed E-state index contributed by atoms with van der Waals surface area (Å²) in [6.45, 7) is 4.09. The molecular formula is C28H35N3O3. The highest BCUT2D eigenvalue weighted by Crippen LogP contribution is 2.29. The van der Waals surface area contributed by atoms with E-state index in [1.54, 1.807) is 29.2 Å². The standard InChI is InChI=1S/C28H35N3O3/c1-19(2)17-24(26(32)29-21-13-7-4-8-14-21)31-25(18-20-11-5-3-6-12-20)27(33)30-23-16-10-9-15-22(23)28(31)34/h3,5-6,9-12,15-16,19,21,24-25H,4,7-8,13-14,17-18H2,1-2H3,(H,29,32)(H,30,33). The summed E-state index contributed by atoms with van der Waals surface area (Å²) in [6, 6.07) is 15.4. The Hall–Kier alpha value is -3.15. The summed E-state index contributed by atoms with van der Waals surface area (Å²) in [5.74, 6) is -0.520. The lowest BCUT2D eigenvalue weighted by molar-refractivity contribution is -0.130. The van der Waals surface area contributed by atoms with Gasteiger partial charge in [-0.3, -0.25) is 14.4 Å². The number of fused-ring (bicyclic) bond motifs is 1. The van der Waals surface area contributed by atoms with Gasteiger partial charge in [0.25, 0.3) is 5.91 Å². The average molecular weight is 462 g/mol. The fourth-order valence-corrected chi connectivity index (χ4v) is 5.13. The predicted octanol–water partition coefficient (Wildman–Crippen LogP) is 4.56. The van der Waals surface area contributed by atoms with Crippen LogP contribution in [-0.4, -0.2) is 40.7 Å². The first kappa shape index (κ1) is 24.0. The third-order valence-electron chi connectivity index (χ3n) is 6.84. The maximum Gasteiger partial charge on any atom is 0.257 e. The van der Waals surface area contributed by atoms with Crippen LogP contribution in [0.4, 0.5) is 5.69 Å². The maximum atomic E-state index is 14.0. The van der Waals surface area contributed by atoms with Crippen LogP contribution in [0.15, 0.2) is 54.6 Å². The Labute approximate surface area is 202 Å². The fourth-order valence-electron chi connectivity index (χ4n) is 5.13. The van der Waals surface area contributed by atoms with Gasteiger partial charge in [0.15, 0.2) is 0 Å². The molecule has 3 amide bonds. The molecule has 2 aromatic carbocycles. The van der Waals surface area contributed by atoms with E-state index >= 15 is 0 Å². The van der Waals surface area contributed by atoms with E-state index in [2.05, 4.69) is 10.6 Å². The third-order valence-corrected chi connectivity index (χ3v) is 6.84. The summed E-state index contributed by atoms with van der Waals surface area (Å²) < 4.78 is 0. The van der Waals surface area contributed by atoms with E-state index in [0.717, 1.165) is 31.2 Å². The van der Waals surface area contributed by atoms with Gasteiger partial charge in [0.2, 0.25) is 11.8 Å².